The van der Waals surface area contributed by atoms with Gasteiger partial charge in [-0.1, -0.05) is 63.4 Å². The van der Waals surface area contributed by atoms with Gasteiger partial charge in [-0.05, 0) is 90.6 Å². The summed E-state index contributed by atoms with van der Waals surface area (Å²) >= 11 is 0. The van der Waals surface area contributed by atoms with Crippen molar-refractivity contribution in [3.8, 4) is 0 Å². The third-order valence-electron chi connectivity index (χ3n) is 11.7. The van der Waals surface area contributed by atoms with Crippen LogP contribution in [0.15, 0.2) is 72.8 Å². The molecule has 2 atom stereocenters. The monoisotopic (exact) mass is 700 g/mol. The van der Waals surface area contributed by atoms with Gasteiger partial charge in [0, 0.05) is 54.0 Å². The molecule has 1 aromatic heterocycles. The molecule has 51 heavy (non-hydrogen) atoms. The summed E-state index contributed by atoms with van der Waals surface area (Å²) in [5.74, 6) is -0.213. The van der Waals surface area contributed by atoms with Gasteiger partial charge in [-0.2, -0.15) is 13.2 Å². The Kier molecular flexibility index (Phi) is 9.41. The molecule has 3 aliphatic rings. The minimum Gasteiger partial charge on any atom is -0.378 e. The first-order valence-corrected chi connectivity index (χ1v) is 18.2. The molecule has 2 saturated carbocycles. The molecular formula is C41H47F3N4O3. The van der Waals surface area contributed by atoms with E-state index in [0.717, 1.165) is 66.8 Å². The summed E-state index contributed by atoms with van der Waals surface area (Å²) in [6.45, 7) is 9.46. The van der Waals surface area contributed by atoms with Crippen molar-refractivity contribution in [2.75, 3.05) is 36.5 Å². The fourth-order valence-electron chi connectivity index (χ4n) is 8.74. The molecule has 0 bridgehead atoms. The maximum absolute atomic E-state index is 14.8. The molecule has 1 saturated heterocycles. The number of hydrogen-bond donors (Lipinski definition) is 2. The SMILES string of the molecule is Cc1[nH]c2ccccc2c1[C@@H]1[C@H](CC(=O)N(Cc2ccc(C(F)(F)F)cc2)C2(C(=O)Nc3ccc(N4CCOCC4)cc3)CCCCC2)C1(C)C. The lowest BCUT2D eigenvalue weighted by Crippen LogP contribution is -2.59. The average Bonchev–Trinajstić information content (AvgIpc) is 3.47. The first-order valence-electron chi connectivity index (χ1n) is 18.2. The summed E-state index contributed by atoms with van der Waals surface area (Å²) in [6.07, 6.45) is -0.780. The van der Waals surface area contributed by atoms with Gasteiger partial charge in [-0.3, -0.25) is 9.59 Å². The van der Waals surface area contributed by atoms with Gasteiger partial charge in [-0.15, -0.1) is 0 Å². The number of carbonyl (C=O) groups excluding carboxylic acids is 2. The first-order chi connectivity index (χ1) is 24.4. The van der Waals surface area contributed by atoms with Crippen LogP contribution in [0.4, 0.5) is 24.5 Å². The Labute approximate surface area is 297 Å². The highest BCUT2D eigenvalue weighted by atomic mass is 19.4. The summed E-state index contributed by atoms with van der Waals surface area (Å²) in [6, 6.07) is 21.0. The lowest BCUT2D eigenvalue weighted by atomic mass is 9.78. The predicted molar refractivity (Wildman–Crippen MR) is 194 cm³/mol. The van der Waals surface area contributed by atoms with E-state index in [4.69, 9.17) is 4.74 Å². The molecule has 3 aromatic carbocycles. The van der Waals surface area contributed by atoms with Crippen molar-refractivity contribution < 1.29 is 27.5 Å². The number of rotatable bonds is 9. The van der Waals surface area contributed by atoms with Gasteiger partial charge in [0.2, 0.25) is 11.8 Å². The molecule has 7 nitrogen and oxygen atoms in total. The Hall–Kier alpha value is -4.31. The number of benzene rings is 3. The number of hydrogen-bond acceptors (Lipinski definition) is 4. The van der Waals surface area contributed by atoms with E-state index in [9.17, 15) is 22.8 Å². The number of aromatic nitrogens is 1. The number of ether oxygens (including phenoxy) is 1. The number of para-hydroxylation sites is 1. The molecule has 10 heteroatoms. The van der Waals surface area contributed by atoms with Crippen molar-refractivity contribution in [1.29, 1.82) is 0 Å². The van der Waals surface area contributed by atoms with Crippen LogP contribution in [0.25, 0.3) is 10.9 Å². The zero-order chi connectivity index (χ0) is 36.0. The molecule has 3 fully saturated rings. The molecule has 0 radical (unpaired) electrons. The molecule has 7 rings (SSSR count). The molecule has 2 heterocycles. The van der Waals surface area contributed by atoms with Crippen LogP contribution in [0.3, 0.4) is 0 Å². The van der Waals surface area contributed by atoms with Crippen LogP contribution in [-0.4, -0.2) is 53.5 Å². The van der Waals surface area contributed by atoms with Crippen LogP contribution < -0.4 is 10.2 Å². The number of carbonyl (C=O) groups is 2. The summed E-state index contributed by atoms with van der Waals surface area (Å²) < 4.78 is 45.9. The number of H-pyrrole nitrogens is 1. The topological polar surface area (TPSA) is 77.7 Å². The van der Waals surface area contributed by atoms with Gasteiger partial charge in [-0.25, -0.2) is 0 Å². The third kappa shape index (κ3) is 6.87. The highest BCUT2D eigenvalue weighted by molar-refractivity contribution is 6.01. The summed E-state index contributed by atoms with van der Waals surface area (Å²) in [5, 5.41) is 4.31. The van der Waals surface area contributed by atoms with Crippen LogP contribution in [-0.2, 0) is 27.0 Å². The van der Waals surface area contributed by atoms with Crippen LogP contribution in [0, 0.1) is 18.3 Å². The average molecular weight is 701 g/mol. The molecule has 0 unspecified atom stereocenters. The number of anilines is 2. The van der Waals surface area contributed by atoms with Crippen LogP contribution in [0.5, 0.6) is 0 Å². The second kappa shape index (κ2) is 13.7. The number of aromatic amines is 1. The zero-order valence-corrected chi connectivity index (χ0v) is 29.6. The van der Waals surface area contributed by atoms with E-state index >= 15 is 0 Å². The highest BCUT2D eigenvalue weighted by Crippen LogP contribution is 2.67. The number of amides is 2. The molecule has 1 aliphatic heterocycles. The fourth-order valence-corrected chi connectivity index (χ4v) is 8.74. The Balaban J connectivity index is 1.19. The number of nitrogens with zero attached hydrogens (tertiary/aromatic N) is 2. The number of halogens is 3. The smallest absolute Gasteiger partial charge is 0.378 e. The van der Waals surface area contributed by atoms with E-state index in [-0.39, 0.29) is 42.0 Å². The summed E-state index contributed by atoms with van der Waals surface area (Å²) in [5.41, 5.74) is 3.59. The number of fused-ring (bicyclic) bond motifs is 1. The first kappa shape index (κ1) is 35.1. The van der Waals surface area contributed by atoms with Crippen molar-refractivity contribution in [1.82, 2.24) is 9.88 Å². The van der Waals surface area contributed by atoms with E-state index < -0.39 is 17.3 Å². The minimum absolute atomic E-state index is 0.0365. The normalized spacial score (nSPS) is 21.3. The van der Waals surface area contributed by atoms with Crippen LogP contribution in [0.1, 0.15) is 80.7 Å². The van der Waals surface area contributed by atoms with Crippen molar-refractivity contribution in [3.63, 3.8) is 0 Å². The van der Waals surface area contributed by atoms with Gasteiger partial charge in [0.05, 0.1) is 18.8 Å². The predicted octanol–water partition coefficient (Wildman–Crippen LogP) is 8.83. The Morgan fingerprint density at radius 1 is 0.941 bits per heavy atom. The van der Waals surface area contributed by atoms with Crippen LogP contribution in [0.2, 0.25) is 0 Å². The minimum atomic E-state index is -4.47. The number of alkyl halides is 3. The Bertz CT molecular complexity index is 1870. The molecule has 2 aliphatic carbocycles. The van der Waals surface area contributed by atoms with Gasteiger partial charge < -0.3 is 24.8 Å². The zero-order valence-electron chi connectivity index (χ0n) is 29.6. The van der Waals surface area contributed by atoms with E-state index in [0.29, 0.717) is 37.3 Å². The van der Waals surface area contributed by atoms with Crippen molar-refractivity contribution >= 4 is 34.1 Å². The quantitative estimate of drug-likeness (QED) is 0.183. The third-order valence-corrected chi connectivity index (χ3v) is 11.7. The number of nitrogens with one attached hydrogen (secondary N) is 2. The second-order valence-corrected chi connectivity index (χ2v) is 15.2. The Morgan fingerprint density at radius 3 is 2.27 bits per heavy atom. The lowest BCUT2D eigenvalue weighted by molar-refractivity contribution is -0.149. The fraction of sp³-hybridized carbons (Fsp3) is 0.463. The number of morpholine rings is 1. The summed E-state index contributed by atoms with van der Waals surface area (Å²) in [7, 11) is 0. The Morgan fingerprint density at radius 2 is 1.61 bits per heavy atom. The largest absolute Gasteiger partial charge is 0.416 e. The maximum Gasteiger partial charge on any atom is 0.416 e. The van der Waals surface area contributed by atoms with E-state index in [2.05, 4.69) is 48.1 Å². The van der Waals surface area contributed by atoms with Crippen molar-refractivity contribution in [3.05, 3.63) is 95.2 Å². The van der Waals surface area contributed by atoms with Gasteiger partial charge >= 0.3 is 6.18 Å². The van der Waals surface area contributed by atoms with Crippen LogP contribution >= 0.6 is 0 Å². The molecule has 270 valence electrons. The molecular weight excluding hydrogens is 653 g/mol. The van der Waals surface area contributed by atoms with Crippen molar-refractivity contribution in [2.45, 2.75) is 83.5 Å². The molecule has 4 aromatic rings. The van der Waals surface area contributed by atoms with Crippen molar-refractivity contribution in [2.24, 2.45) is 11.3 Å². The molecule has 0 spiro atoms. The van der Waals surface area contributed by atoms with Gasteiger partial charge in [0.25, 0.3) is 0 Å². The maximum atomic E-state index is 14.8. The molecule has 2 N–H and O–H groups in total. The summed E-state index contributed by atoms with van der Waals surface area (Å²) in [4.78, 5) is 36.8. The van der Waals surface area contributed by atoms with E-state index in [1.54, 1.807) is 4.90 Å². The van der Waals surface area contributed by atoms with Gasteiger partial charge in [0.1, 0.15) is 5.54 Å². The lowest BCUT2D eigenvalue weighted by Gasteiger charge is -2.45. The van der Waals surface area contributed by atoms with E-state index in [1.807, 2.05) is 36.4 Å². The standard InChI is InChI=1S/C41H47F3N4O3/c1-27-36(32-9-5-6-10-34(32)45-27)37-33(39(37,2)3)25-35(49)48(26-28-11-13-29(14-12-28)41(42,43)44)40(19-7-4-8-20-40)38(50)46-30-15-17-31(18-16-30)47-21-23-51-24-22-47/h5-6,9-18,33,37,45H,4,7-8,19-26H2,1-3H3,(H,46,50)/t33-,37-/m0/s1. The van der Waals surface area contributed by atoms with Gasteiger partial charge in [0.15, 0.2) is 0 Å². The number of aryl methyl sites for hydroxylation is 1. The second-order valence-electron chi connectivity index (χ2n) is 15.2. The van der Waals surface area contributed by atoms with E-state index in [1.165, 1.54) is 17.7 Å². The highest BCUT2D eigenvalue weighted by Gasteiger charge is 2.60. The molecule has 2 amide bonds.